The molecule has 4 nitrogen and oxygen atoms in total. The predicted octanol–water partition coefficient (Wildman–Crippen LogP) is 3.23. The van der Waals surface area contributed by atoms with Crippen molar-refractivity contribution in [2.45, 2.75) is 12.5 Å². The number of furan rings is 1. The van der Waals surface area contributed by atoms with E-state index in [9.17, 15) is 0 Å². The molecule has 1 aromatic carbocycles. The first kappa shape index (κ1) is 13.1. The average molecular weight is 288 g/mol. The molecule has 2 heterocycles. The molecule has 0 radical (unpaired) electrons. The van der Waals surface area contributed by atoms with Crippen molar-refractivity contribution in [3.63, 3.8) is 0 Å². The van der Waals surface area contributed by atoms with E-state index in [4.69, 9.17) is 21.9 Å². The second kappa shape index (κ2) is 5.63. The van der Waals surface area contributed by atoms with Gasteiger partial charge in [0.1, 0.15) is 5.76 Å². The molecule has 102 valence electrons. The highest BCUT2D eigenvalue weighted by atomic mass is 35.5. The molecule has 0 fully saturated rings. The number of para-hydroxylation sites is 1. The van der Waals surface area contributed by atoms with Crippen molar-refractivity contribution in [2.24, 2.45) is 5.84 Å². The molecule has 5 heteroatoms. The zero-order valence-electron chi connectivity index (χ0n) is 10.7. The summed E-state index contributed by atoms with van der Waals surface area (Å²) < 4.78 is 5.82. The van der Waals surface area contributed by atoms with E-state index in [1.807, 2.05) is 36.4 Å². The van der Waals surface area contributed by atoms with Crippen LogP contribution in [-0.2, 0) is 6.42 Å². The maximum atomic E-state index is 6.12. The van der Waals surface area contributed by atoms with Gasteiger partial charge in [-0.15, -0.1) is 0 Å². The summed E-state index contributed by atoms with van der Waals surface area (Å²) in [6, 6.07) is 13.3. The Bertz CT molecular complexity index is 711. The third-order valence-electron chi connectivity index (χ3n) is 3.20. The van der Waals surface area contributed by atoms with Crippen molar-refractivity contribution in [3.8, 4) is 0 Å². The van der Waals surface area contributed by atoms with E-state index in [0.29, 0.717) is 17.0 Å². The molecule has 3 aromatic rings. The SMILES string of the molecule is NNC(Cc1ccccn1)c1cc2cccc(Cl)c2o1. The molecule has 3 N–H and O–H groups in total. The van der Waals surface area contributed by atoms with E-state index in [0.717, 1.165) is 16.8 Å². The number of halogens is 1. The van der Waals surface area contributed by atoms with Crippen LogP contribution in [0, 0.1) is 0 Å². The van der Waals surface area contributed by atoms with Crippen molar-refractivity contribution >= 4 is 22.6 Å². The number of hydrazine groups is 1. The molecular formula is C15H14ClN3O. The number of benzene rings is 1. The number of nitrogens with one attached hydrogen (secondary N) is 1. The molecule has 0 aliphatic rings. The molecule has 3 rings (SSSR count). The van der Waals surface area contributed by atoms with Crippen LogP contribution in [0.15, 0.2) is 53.1 Å². The van der Waals surface area contributed by atoms with Gasteiger partial charge in [-0.2, -0.15) is 0 Å². The minimum Gasteiger partial charge on any atom is -0.458 e. The first-order valence-corrected chi connectivity index (χ1v) is 6.69. The molecular weight excluding hydrogens is 274 g/mol. The number of nitrogens with zero attached hydrogens (tertiary/aromatic N) is 1. The molecule has 0 saturated heterocycles. The van der Waals surface area contributed by atoms with Gasteiger partial charge in [0.25, 0.3) is 0 Å². The van der Waals surface area contributed by atoms with Crippen molar-refractivity contribution < 1.29 is 4.42 Å². The quantitative estimate of drug-likeness (QED) is 0.571. The summed E-state index contributed by atoms with van der Waals surface area (Å²) in [7, 11) is 0. The lowest BCUT2D eigenvalue weighted by Crippen LogP contribution is -2.29. The maximum absolute atomic E-state index is 6.12. The Morgan fingerprint density at radius 3 is 2.85 bits per heavy atom. The van der Waals surface area contributed by atoms with Crippen LogP contribution < -0.4 is 11.3 Å². The minimum atomic E-state index is -0.145. The van der Waals surface area contributed by atoms with Crippen LogP contribution in [0.2, 0.25) is 5.02 Å². The van der Waals surface area contributed by atoms with E-state index < -0.39 is 0 Å². The Labute approximate surface area is 121 Å². The lowest BCUT2D eigenvalue weighted by molar-refractivity contribution is 0.432. The van der Waals surface area contributed by atoms with Gasteiger partial charge in [0, 0.05) is 23.7 Å². The first-order valence-electron chi connectivity index (χ1n) is 6.32. The molecule has 2 aromatic heterocycles. The van der Waals surface area contributed by atoms with E-state index >= 15 is 0 Å². The summed E-state index contributed by atoms with van der Waals surface area (Å²) >= 11 is 6.12. The topological polar surface area (TPSA) is 64.1 Å². The highest BCUT2D eigenvalue weighted by molar-refractivity contribution is 6.34. The number of hydrogen-bond donors (Lipinski definition) is 2. The zero-order valence-corrected chi connectivity index (χ0v) is 11.5. The van der Waals surface area contributed by atoms with Crippen LogP contribution in [-0.4, -0.2) is 4.98 Å². The zero-order chi connectivity index (χ0) is 13.9. The summed E-state index contributed by atoms with van der Waals surface area (Å²) in [6.45, 7) is 0. The molecule has 1 unspecified atom stereocenters. The molecule has 0 spiro atoms. The van der Waals surface area contributed by atoms with E-state index in [2.05, 4.69) is 10.4 Å². The number of pyridine rings is 1. The Morgan fingerprint density at radius 1 is 1.25 bits per heavy atom. The van der Waals surface area contributed by atoms with Gasteiger partial charge in [-0.25, -0.2) is 5.43 Å². The second-order valence-electron chi connectivity index (χ2n) is 4.55. The number of hydrogen-bond acceptors (Lipinski definition) is 4. The van der Waals surface area contributed by atoms with Gasteiger partial charge in [0.15, 0.2) is 5.58 Å². The Balaban J connectivity index is 1.93. The molecule has 1 atom stereocenters. The lowest BCUT2D eigenvalue weighted by Gasteiger charge is -2.12. The van der Waals surface area contributed by atoms with Gasteiger partial charge in [0.05, 0.1) is 11.1 Å². The highest BCUT2D eigenvalue weighted by Gasteiger charge is 2.17. The van der Waals surface area contributed by atoms with Gasteiger partial charge in [0.2, 0.25) is 0 Å². The van der Waals surface area contributed by atoms with E-state index in [1.165, 1.54) is 0 Å². The Kier molecular flexibility index (Phi) is 3.69. The summed E-state index contributed by atoms with van der Waals surface area (Å²) in [5, 5.41) is 1.57. The number of aromatic nitrogens is 1. The van der Waals surface area contributed by atoms with Crippen molar-refractivity contribution in [3.05, 3.63) is 65.1 Å². The van der Waals surface area contributed by atoms with E-state index in [1.54, 1.807) is 12.3 Å². The molecule has 0 saturated carbocycles. The molecule has 0 aliphatic carbocycles. The highest BCUT2D eigenvalue weighted by Crippen LogP contribution is 2.30. The maximum Gasteiger partial charge on any atom is 0.152 e. The van der Waals surface area contributed by atoms with Crippen LogP contribution in [0.5, 0.6) is 0 Å². The van der Waals surface area contributed by atoms with Crippen LogP contribution in [0.4, 0.5) is 0 Å². The fourth-order valence-corrected chi connectivity index (χ4v) is 2.41. The lowest BCUT2D eigenvalue weighted by atomic mass is 10.1. The Morgan fingerprint density at radius 2 is 2.15 bits per heavy atom. The molecule has 20 heavy (non-hydrogen) atoms. The van der Waals surface area contributed by atoms with Crippen LogP contribution >= 0.6 is 11.6 Å². The second-order valence-corrected chi connectivity index (χ2v) is 4.96. The third-order valence-corrected chi connectivity index (χ3v) is 3.50. The fourth-order valence-electron chi connectivity index (χ4n) is 2.19. The van der Waals surface area contributed by atoms with Gasteiger partial charge in [-0.3, -0.25) is 10.8 Å². The summed E-state index contributed by atoms with van der Waals surface area (Å²) in [6.07, 6.45) is 2.41. The van der Waals surface area contributed by atoms with Crippen LogP contribution in [0.1, 0.15) is 17.5 Å². The van der Waals surface area contributed by atoms with Gasteiger partial charge in [-0.05, 0) is 24.3 Å². The molecule has 0 aliphatic heterocycles. The van der Waals surface area contributed by atoms with E-state index in [-0.39, 0.29) is 6.04 Å². The predicted molar refractivity (Wildman–Crippen MR) is 79.2 cm³/mol. The smallest absolute Gasteiger partial charge is 0.152 e. The number of nitrogens with two attached hydrogens (primary N) is 1. The van der Waals surface area contributed by atoms with Gasteiger partial charge < -0.3 is 4.42 Å². The van der Waals surface area contributed by atoms with Crippen molar-refractivity contribution in [2.75, 3.05) is 0 Å². The summed E-state index contributed by atoms with van der Waals surface area (Å²) in [4.78, 5) is 4.30. The third kappa shape index (κ3) is 2.54. The normalized spacial score (nSPS) is 12.7. The van der Waals surface area contributed by atoms with Gasteiger partial charge in [-0.1, -0.05) is 29.8 Å². The van der Waals surface area contributed by atoms with Crippen LogP contribution in [0.25, 0.3) is 11.0 Å². The summed E-state index contributed by atoms with van der Waals surface area (Å²) in [5.41, 5.74) is 4.40. The fraction of sp³-hybridized carbons (Fsp3) is 0.133. The first-order chi connectivity index (χ1) is 9.78. The Hall–Kier alpha value is -1.88. The minimum absolute atomic E-state index is 0.145. The largest absolute Gasteiger partial charge is 0.458 e. The van der Waals surface area contributed by atoms with Crippen molar-refractivity contribution in [1.29, 1.82) is 0 Å². The molecule has 0 bridgehead atoms. The number of rotatable bonds is 4. The monoisotopic (exact) mass is 287 g/mol. The molecule has 0 amide bonds. The average Bonchev–Trinajstić information content (AvgIpc) is 2.91. The summed E-state index contributed by atoms with van der Waals surface area (Å²) in [5.74, 6) is 6.39. The van der Waals surface area contributed by atoms with Gasteiger partial charge >= 0.3 is 0 Å². The van der Waals surface area contributed by atoms with Crippen molar-refractivity contribution in [1.82, 2.24) is 10.4 Å². The van der Waals surface area contributed by atoms with Crippen LogP contribution in [0.3, 0.4) is 0 Å². The standard InChI is InChI=1S/C15H14ClN3O/c16-12-6-3-4-10-8-14(20-15(10)12)13(19-17)9-11-5-1-2-7-18-11/h1-8,13,19H,9,17H2. The number of fused-ring (bicyclic) bond motifs is 1.